The zero-order chi connectivity index (χ0) is 17.0. The van der Waals surface area contributed by atoms with Crippen LogP contribution >= 0.6 is 15.9 Å². The summed E-state index contributed by atoms with van der Waals surface area (Å²) >= 11 is 3.29. The van der Waals surface area contributed by atoms with E-state index in [2.05, 4.69) is 21.2 Å². The smallest absolute Gasteiger partial charge is 0.416 e. The molecule has 1 amide bonds. The van der Waals surface area contributed by atoms with Crippen molar-refractivity contribution in [2.75, 3.05) is 5.32 Å². The SMILES string of the molecule is CC(Oc1ccc(Br)cc1)C(=O)Nc1ccc(C(F)(F)F)cc1. The summed E-state index contributed by atoms with van der Waals surface area (Å²) < 4.78 is 43.8. The van der Waals surface area contributed by atoms with Crippen LogP contribution in [0, 0.1) is 0 Å². The standard InChI is InChI=1S/C16H13BrF3NO2/c1-10(23-14-8-4-12(17)5-9-14)15(22)21-13-6-2-11(3-7-13)16(18,19)20/h2-10H,1H3,(H,21,22). The molecule has 1 unspecified atom stereocenters. The van der Waals surface area contributed by atoms with Gasteiger partial charge in [0.15, 0.2) is 6.10 Å². The molecule has 0 aromatic heterocycles. The number of anilines is 1. The third-order valence-corrected chi connectivity index (χ3v) is 3.50. The van der Waals surface area contributed by atoms with Crippen molar-refractivity contribution in [3.63, 3.8) is 0 Å². The first kappa shape index (κ1) is 17.3. The van der Waals surface area contributed by atoms with Gasteiger partial charge in [0.2, 0.25) is 0 Å². The predicted octanol–water partition coefficient (Wildman–Crippen LogP) is 4.87. The highest BCUT2D eigenvalue weighted by Crippen LogP contribution is 2.29. The maximum absolute atomic E-state index is 12.5. The molecule has 0 heterocycles. The molecule has 0 aliphatic rings. The quantitative estimate of drug-likeness (QED) is 0.812. The van der Waals surface area contributed by atoms with Gasteiger partial charge < -0.3 is 10.1 Å². The van der Waals surface area contributed by atoms with Crippen molar-refractivity contribution in [3.05, 3.63) is 58.6 Å². The van der Waals surface area contributed by atoms with E-state index in [1.807, 2.05) is 0 Å². The minimum Gasteiger partial charge on any atom is -0.481 e. The van der Waals surface area contributed by atoms with Crippen molar-refractivity contribution in [3.8, 4) is 5.75 Å². The molecule has 122 valence electrons. The third-order valence-electron chi connectivity index (χ3n) is 2.98. The number of carbonyl (C=O) groups is 1. The lowest BCUT2D eigenvalue weighted by Gasteiger charge is -2.15. The minimum absolute atomic E-state index is 0.272. The Labute approximate surface area is 139 Å². The first-order valence-corrected chi connectivity index (χ1v) is 7.45. The Bertz CT molecular complexity index is 669. The van der Waals surface area contributed by atoms with Crippen molar-refractivity contribution in [2.24, 2.45) is 0 Å². The number of halogens is 4. The lowest BCUT2D eigenvalue weighted by atomic mass is 10.2. The van der Waals surface area contributed by atoms with E-state index in [4.69, 9.17) is 4.74 Å². The van der Waals surface area contributed by atoms with Crippen LogP contribution in [0.3, 0.4) is 0 Å². The molecule has 0 bridgehead atoms. The summed E-state index contributed by atoms with van der Waals surface area (Å²) in [4.78, 5) is 12.0. The van der Waals surface area contributed by atoms with Crippen molar-refractivity contribution >= 4 is 27.5 Å². The maximum atomic E-state index is 12.5. The molecule has 2 rings (SSSR count). The summed E-state index contributed by atoms with van der Waals surface area (Å²) in [7, 11) is 0. The van der Waals surface area contributed by atoms with E-state index in [-0.39, 0.29) is 5.69 Å². The van der Waals surface area contributed by atoms with Crippen LogP contribution in [-0.4, -0.2) is 12.0 Å². The average molecular weight is 388 g/mol. The number of nitrogens with one attached hydrogen (secondary N) is 1. The number of benzene rings is 2. The highest BCUT2D eigenvalue weighted by atomic mass is 79.9. The summed E-state index contributed by atoms with van der Waals surface area (Å²) in [5, 5.41) is 2.51. The summed E-state index contributed by atoms with van der Waals surface area (Å²) in [6.07, 6.45) is -5.20. The molecule has 2 aromatic rings. The van der Waals surface area contributed by atoms with E-state index in [1.54, 1.807) is 31.2 Å². The minimum atomic E-state index is -4.40. The van der Waals surface area contributed by atoms with Gasteiger partial charge in [0.25, 0.3) is 5.91 Å². The van der Waals surface area contributed by atoms with Crippen molar-refractivity contribution in [1.29, 1.82) is 0 Å². The van der Waals surface area contributed by atoms with Gasteiger partial charge in [0.05, 0.1) is 5.56 Å². The van der Waals surface area contributed by atoms with Crippen molar-refractivity contribution in [1.82, 2.24) is 0 Å². The molecule has 0 saturated carbocycles. The second kappa shape index (κ2) is 7.04. The van der Waals surface area contributed by atoms with Crippen molar-refractivity contribution < 1.29 is 22.7 Å². The van der Waals surface area contributed by atoms with E-state index in [0.29, 0.717) is 5.75 Å². The molecule has 0 radical (unpaired) electrons. The van der Waals surface area contributed by atoms with Crippen molar-refractivity contribution in [2.45, 2.75) is 19.2 Å². The number of ether oxygens (including phenoxy) is 1. The van der Waals surface area contributed by atoms with Crippen LogP contribution < -0.4 is 10.1 Å². The molecule has 0 saturated heterocycles. The number of amides is 1. The largest absolute Gasteiger partial charge is 0.481 e. The Balaban J connectivity index is 1.96. The number of alkyl halides is 3. The maximum Gasteiger partial charge on any atom is 0.416 e. The Morgan fingerprint density at radius 3 is 2.17 bits per heavy atom. The van der Waals surface area contributed by atoms with Gasteiger partial charge in [-0.05, 0) is 55.5 Å². The molecule has 0 aliphatic heterocycles. The van der Waals surface area contributed by atoms with E-state index in [1.165, 1.54) is 12.1 Å². The monoisotopic (exact) mass is 387 g/mol. The van der Waals surface area contributed by atoms with Crippen LogP contribution in [-0.2, 0) is 11.0 Å². The average Bonchev–Trinajstić information content (AvgIpc) is 2.49. The van der Waals surface area contributed by atoms with Gasteiger partial charge >= 0.3 is 6.18 Å². The van der Waals surface area contributed by atoms with E-state index in [0.717, 1.165) is 16.6 Å². The third kappa shape index (κ3) is 4.99. The molecule has 0 fully saturated rings. The van der Waals surface area contributed by atoms with Gasteiger partial charge in [-0.1, -0.05) is 15.9 Å². The molecule has 23 heavy (non-hydrogen) atoms. The fourth-order valence-electron chi connectivity index (χ4n) is 1.76. The van der Waals surface area contributed by atoms with Gasteiger partial charge in [-0.2, -0.15) is 13.2 Å². The number of hydrogen-bond acceptors (Lipinski definition) is 2. The van der Waals surface area contributed by atoms with E-state index < -0.39 is 23.8 Å². The van der Waals surface area contributed by atoms with Gasteiger partial charge in [0, 0.05) is 10.2 Å². The highest BCUT2D eigenvalue weighted by Gasteiger charge is 2.30. The number of hydrogen-bond donors (Lipinski definition) is 1. The lowest BCUT2D eigenvalue weighted by molar-refractivity contribution is -0.137. The Morgan fingerprint density at radius 2 is 1.65 bits per heavy atom. The first-order chi connectivity index (χ1) is 10.8. The Morgan fingerprint density at radius 1 is 1.09 bits per heavy atom. The van der Waals surface area contributed by atoms with E-state index in [9.17, 15) is 18.0 Å². The molecular weight excluding hydrogens is 375 g/mol. The van der Waals surface area contributed by atoms with Gasteiger partial charge in [0.1, 0.15) is 5.75 Å². The van der Waals surface area contributed by atoms with Crippen LogP contribution in [0.15, 0.2) is 53.0 Å². The molecule has 1 atom stereocenters. The van der Waals surface area contributed by atoms with Gasteiger partial charge in [-0.25, -0.2) is 0 Å². The Hall–Kier alpha value is -2.02. The zero-order valence-corrected chi connectivity index (χ0v) is 13.6. The summed E-state index contributed by atoms with van der Waals surface area (Å²) in [6, 6.07) is 11.2. The van der Waals surface area contributed by atoms with Gasteiger partial charge in [-0.3, -0.25) is 4.79 Å². The molecular formula is C16H13BrF3NO2. The van der Waals surface area contributed by atoms with Crippen LogP contribution in [0.2, 0.25) is 0 Å². The molecule has 2 aromatic carbocycles. The highest BCUT2D eigenvalue weighted by molar-refractivity contribution is 9.10. The van der Waals surface area contributed by atoms with E-state index >= 15 is 0 Å². The predicted molar refractivity (Wildman–Crippen MR) is 84.3 cm³/mol. The lowest BCUT2D eigenvalue weighted by Crippen LogP contribution is -2.30. The summed E-state index contributed by atoms with van der Waals surface area (Å²) in [6.45, 7) is 1.56. The molecule has 7 heteroatoms. The molecule has 1 N–H and O–H groups in total. The zero-order valence-electron chi connectivity index (χ0n) is 12.0. The summed E-state index contributed by atoms with van der Waals surface area (Å²) in [5.41, 5.74) is -0.496. The normalized spacial score (nSPS) is 12.6. The summed E-state index contributed by atoms with van der Waals surface area (Å²) in [5.74, 6) is 0.0657. The second-order valence-corrected chi connectivity index (χ2v) is 5.69. The van der Waals surface area contributed by atoms with Crippen LogP contribution in [0.1, 0.15) is 12.5 Å². The second-order valence-electron chi connectivity index (χ2n) is 4.78. The van der Waals surface area contributed by atoms with Crippen LogP contribution in [0.5, 0.6) is 5.75 Å². The topological polar surface area (TPSA) is 38.3 Å². The van der Waals surface area contributed by atoms with Crippen LogP contribution in [0.4, 0.5) is 18.9 Å². The Kier molecular flexibility index (Phi) is 5.30. The van der Waals surface area contributed by atoms with Gasteiger partial charge in [-0.15, -0.1) is 0 Å². The fourth-order valence-corrected chi connectivity index (χ4v) is 2.02. The number of carbonyl (C=O) groups excluding carboxylic acids is 1. The molecule has 0 spiro atoms. The fraction of sp³-hybridized carbons (Fsp3) is 0.188. The molecule has 0 aliphatic carbocycles. The first-order valence-electron chi connectivity index (χ1n) is 6.66. The van der Waals surface area contributed by atoms with Crippen LogP contribution in [0.25, 0.3) is 0 Å². The molecule has 3 nitrogen and oxygen atoms in total. The number of rotatable bonds is 4.